The number of aromatic nitrogens is 2. The first-order valence-electron chi connectivity index (χ1n) is 8.36. The molecule has 0 aliphatic rings. The topological polar surface area (TPSA) is 49.8 Å². The average molecular weight is 353 g/mol. The number of hydrogen-bond acceptors (Lipinski definition) is 4. The number of para-hydroxylation sites is 1. The molecule has 25 heavy (non-hydrogen) atoms. The fourth-order valence-electron chi connectivity index (χ4n) is 2.55. The van der Waals surface area contributed by atoms with Gasteiger partial charge in [-0.3, -0.25) is 0 Å². The van der Waals surface area contributed by atoms with Gasteiger partial charge in [0.1, 0.15) is 5.82 Å². The van der Waals surface area contributed by atoms with Gasteiger partial charge in [-0.15, -0.1) is 0 Å². The van der Waals surface area contributed by atoms with Gasteiger partial charge in [0.25, 0.3) is 0 Å². The largest absolute Gasteiger partial charge is 0.370 e. The highest BCUT2D eigenvalue weighted by molar-refractivity contribution is 6.33. The summed E-state index contributed by atoms with van der Waals surface area (Å²) in [6.07, 6.45) is 2.09. The molecule has 0 saturated carbocycles. The molecular weight excluding hydrogens is 332 g/mol. The smallest absolute Gasteiger partial charge is 0.229 e. The van der Waals surface area contributed by atoms with Crippen LogP contribution in [-0.2, 0) is 6.42 Å². The number of anilines is 3. The van der Waals surface area contributed by atoms with Crippen LogP contribution in [-0.4, -0.2) is 16.5 Å². The third kappa shape index (κ3) is 5.19. The average Bonchev–Trinajstić information content (AvgIpc) is 2.61. The van der Waals surface area contributed by atoms with Crippen LogP contribution in [0.2, 0.25) is 5.02 Å². The van der Waals surface area contributed by atoms with E-state index in [0.717, 1.165) is 36.6 Å². The molecule has 3 rings (SSSR count). The van der Waals surface area contributed by atoms with Crippen molar-refractivity contribution in [3.63, 3.8) is 0 Å². The van der Waals surface area contributed by atoms with Gasteiger partial charge in [-0.2, -0.15) is 4.98 Å². The molecule has 0 atom stereocenters. The second kappa shape index (κ2) is 8.49. The molecule has 3 aromatic rings. The van der Waals surface area contributed by atoms with E-state index in [1.165, 1.54) is 5.56 Å². The van der Waals surface area contributed by atoms with E-state index in [1.807, 2.05) is 43.3 Å². The van der Waals surface area contributed by atoms with Crippen molar-refractivity contribution in [1.82, 2.24) is 9.97 Å². The lowest BCUT2D eigenvalue weighted by Gasteiger charge is -2.11. The monoisotopic (exact) mass is 352 g/mol. The molecule has 2 aromatic carbocycles. The third-order valence-electron chi connectivity index (χ3n) is 3.77. The molecular formula is C20H21ClN4. The molecule has 0 spiro atoms. The van der Waals surface area contributed by atoms with Gasteiger partial charge in [0, 0.05) is 18.3 Å². The van der Waals surface area contributed by atoms with Gasteiger partial charge >= 0.3 is 0 Å². The minimum absolute atomic E-state index is 0.540. The van der Waals surface area contributed by atoms with Crippen LogP contribution in [0.3, 0.4) is 0 Å². The van der Waals surface area contributed by atoms with E-state index in [2.05, 4.69) is 44.9 Å². The summed E-state index contributed by atoms with van der Waals surface area (Å²) >= 11 is 6.18. The number of benzene rings is 2. The lowest BCUT2D eigenvalue weighted by atomic mass is 10.1. The Hall–Kier alpha value is -2.59. The van der Waals surface area contributed by atoms with Crippen molar-refractivity contribution in [2.24, 2.45) is 0 Å². The highest BCUT2D eigenvalue weighted by atomic mass is 35.5. The molecule has 0 aliphatic heterocycles. The minimum Gasteiger partial charge on any atom is -0.370 e. The molecule has 2 N–H and O–H groups in total. The molecule has 5 heteroatoms. The molecule has 4 nitrogen and oxygen atoms in total. The number of nitrogens with one attached hydrogen (secondary N) is 2. The van der Waals surface area contributed by atoms with Crippen molar-refractivity contribution >= 4 is 29.1 Å². The van der Waals surface area contributed by atoms with Crippen LogP contribution in [0.1, 0.15) is 17.7 Å². The van der Waals surface area contributed by atoms with Crippen molar-refractivity contribution in [2.45, 2.75) is 19.8 Å². The van der Waals surface area contributed by atoms with Gasteiger partial charge in [-0.25, -0.2) is 4.98 Å². The molecule has 1 heterocycles. The van der Waals surface area contributed by atoms with Crippen LogP contribution in [0.15, 0.2) is 60.7 Å². The number of aryl methyl sites for hydroxylation is 2. The standard InChI is InChI=1S/C20H21ClN4/c1-15-14-19(22-13-7-10-16-8-3-2-4-9-16)25-20(23-15)24-18-12-6-5-11-17(18)21/h2-6,8-9,11-12,14H,7,10,13H2,1H3,(H2,22,23,24,25). The fraction of sp³-hybridized carbons (Fsp3) is 0.200. The van der Waals surface area contributed by atoms with Crippen molar-refractivity contribution in [3.05, 3.63) is 76.9 Å². The van der Waals surface area contributed by atoms with Crippen LogP contribution < -0.4 is 10.6 Å². The zero-order chi connectivity index (χ0) is 17.5. The molecule has 0 fully saturated rings. The van der Waals surface area contributed by atoms with E-state index in [9.17, 15) is 0 Å². The van der Waals surface area contributed by atoms with Gasteiger partial charge in [0.2, 0.25) is 5.95 Å². The Kier molecular flexibility index (Phi) is 5.86. The van der Waals surface area contributed by atoms with Crippen molar-refractivity contribution < 1.29 is 0 Å². The van der Waals surface area contributed by atoms with Crippen molar-refractivity contribution in [3.8, 4) is 0 Å². The summed E-state index contributed by atoms with van der Waals surface area (Å²) in [6.45, 7) is 2.81. The van der Waals surface area contributed by atoms with Gasteiger partial charge in [-0.05, 0) is 37.5 Å². The first-order chi connectivity index (χ1) is 12.2. The van der Waals surface area contributed by atoms with E-state index in [0.29, 0.717) is 11.0 Å². The van der Waals surface area contributed by atoms with Crippen LogP contribution in [0.5, 0.6) is 0 Å². The molecule has 0 saturated heterocycles. The predicted molar refractivity (Wildman–Crippen MR) is 105 cm³/mol. The number of rotatable bonds is 7. The maximum absolute atomic E-state index is 6.18. The quantitative estimate of drug-likeness (QED) is 0.572. The summed E-state index contributed by atoms with van der Waals surface area (Å²) in [5.74, 6) is 1.36. The van der Waals surface area contributed by atoms with E-state index in [-0.39, 0.29) is 0 Å². The van der Waals surface area contributed by atoms with E-state index < -0.39 is 0 Å². The van der Waals surface area contributed by atoms with Crippen LogP contribution in [0.4, 0.5) is 17.5 Å². The lowest BCUT2D eigenvalue weighted by Crippen LogP contribution is -2.07. The highest BCUT2D eigenvalue weighted by Crippen LogP contribution is 2.23. The summed E-state index contributed by atoms with van der Waals surface area (Å²) in [5.41, 5.74) is 3.05. The van der Waals surface area contributed by atoms with Gasteiger partial charge in [0.05, 0.1) is 10.7 Å². The molecule has 0 unspecified atom stereocenters. The van der Waals surface area contributed by atoms with Crippen LogP contribution >= 0.6 is 11.6 Å². The normalized spacial score (nSPS) is 10.5. The number of halogens is 1. The number of nitrogens with zero attached hydrogens (tertiary/aromatic N) is 2. The maximum Gasteiger partial charge on any atom is 0.229 e. The fourth-order valence-corrected chi connectivity index (χ4v) is 2.73. The second-order valence-corrected chi connectivity index (χ2v) is 6.25. The first kappa shape index (κ1) is 17.2. The Morgan fingerprint density at radius 3 is 2.52 bits per heavy atom. The molecule has 0 bridgehead atoms. The van der Waals surface area contributed by atoms with Crippen molar-refractivity contribution in [2.75, 3.05) is 17.2 Å². The third-order valence-corrected chi connectivity index (χ3v) is 4.10. The molecule has 1 aromatic heterocycles. The molecule has 128 valence electrons. The zero-order valence-corrected chi connectivity index (χ0v) is 14.9. The molecule has 0 radical (unpaired) electrons. The Bertz CT molecular complexity index is 821. The minimum atomic E-state index is 0.540. The van der Waals surface area contributed by atoms with Crippen LogP contribution in [0.25, 0.3) is 0 Å². The summed E-state index contributed by atoms with van der Waals surface area (Å²) in [5, 5.41) is 7.19. The summed E-state index contributed by atoms with van der Waals surface area (Å²) in [7, 11) is 0. The lowest BCUT2D eigenvalue weighted by molar-refractivity contribution is 0.857. The Morgan fingerprint density at radius 2 is 1.72 bits per heavy atom. The summed E-state index contributed by atoms with van der Waals surface area (Å²) in [4.78, 5) is 8.95. The second-order valence-electron chi connectivity index (χ2n) is 5.84. The van der Waals surface area contributed by atoms with E-state index in [4.69, 9.17) is 11.6 Å². The Morgan fingerprint density at radius 1 is 0.960 bits per heavy atom. The Labute approximate surface area is 153 Å². The van der Waals surface area contributed by atoms with Crippen LogP contribution in [0, 0.1) is 6.92 Å². The van der Waals surface area contributed by atoms with Gasteiger partial charge in [-0.1, -0.05) is 54.1 Å². The van der Waals surface area contributed by atoms with Gasteiger partial charge < -0.3 is 10.6 Å². The highest BCUT2D eigenvalue weighted by Gasteiger charge is 2.05. The van der Waals surface area contributed by atoms with E-state index in [1.54, 1.807) is 0 Å². The first-order valence-corrected chi connectivity index (χ1v) is 8.73. The predicted octanol–water partition coefficient (Wildman–Crippen LogP) is 5.23. The Balaban J connectivity index is 1.59. The van der Waals surface area contributed by atoms with E-state index >= 15 is 0 Å². The molecule has 0 amide bonds. The van der Waals surface area contributed by atoms with Crippen molar-refractivity contribution in [1.29, 1.82) is 0 Å². The SMILES string of the molecule is Cc1cc(NCCCc2ccccc2)nc(Nc2ccccc2Cl)n1. The van der Waals surface area contributed by atoms with Gasteiger partial charge in [0.15, 0.2) is 0 Å². The molecule has 0 aliphatic carbocycles. The maximum atomic E-state index is 6.18. The number of hydrogen-bond donors (Lipinski definition) is 2. The zero-order valence-electron chi connectivity index (χ0n) is 14.2. The summed E-state index contributed by atoms with van der Waals surface area (Å²) in [6, 6.07) is 20.0. The summed E-state index contributed by atoms with van der Waals surface area (Å²) < 4.78 is 0.